The first-order valence-electron chi connectivity index (χ1n) is 6.31. The SMILES string of the molecule is CC(C)(C)OC(=O)[C@@H](C(=O)O)[C@@H](N)Cc1cccnc1. The first-order valence-corrected chi connectivity index (χ1v) is 6.31. The van der Waals surface area contributed by atoms with Crippen molar-refractivity contribution in [1.82, 2.24) is 4.98 Å². The molecule has 0 bridgehead atoms. The molecular weight excluding hydrogens is 260 g/mol. The largest absolute Gasteiger partial charge is 0.481 e. The summed E-state index contributed by atoms with van der Waals surface area (Å²) < 4.78 is 5.10. The van der Waals surface area contributed by atoms with Crippen LogP contribution in [0.25, 0.3) is 0 Å². The zero-order chi connectivity index (χ0) is 15.3. The van der Waals surface area contributed by atoms with Gasteiger partial charge in [-0.1, -0.05) is 6.07 Å². The quantitative estimate of drug-likeness (QED) is 0.616. The van der Waals surface area contributed by atoms with Crippen LogP contribution in [0.15, 0.2) is 24.5 Å². The summed E-state index contributed by atoms with van der Waals surface area (Å²) in [6, 6.07) is 2.64. The number of hydrogen-bond acceptors (Lipinski definition) is 5. The van der Waals surface area contributed by atoms with E-state index < -0.39 is 29.5 Å². The number of nitrogens with two attached hydrogens (primary N) is 1. The molecule has 1 aromatic heterocycles. The normalized spacial score (nSPS) is 14.4. The van der Waals surface area contributed by atoms with Crippen molar-refractivity contribution in [2.45, 2.75) is 38.8 Å². The van der Waals surface area contributed by atoms with Crippen LogP contribution in [0.1, 0.15) is 26.3 Å². The molecule has 0 amide bonds. The van der Waals surface area contributed by atoms with Crippen molar-refractivity contribution in [2.24, 2.45) is 11.7 Å². The Kier molecular flexibility index (Phi) is 5.21. The topological polar surface area (TPSA) is 103 Å². The number of esters is 1. The smallest absolute Gasteiger partial charge is 0.322 e. The lowest BCUT2D eigenvalue weighted by Gasteiger charge is -2.25. The van der Waals surface area contributed by atoms with E-state index in [-0.39, 0.29) is 6.42 Å². The molecule has 0 spiro atoms. The second kappa shape index (κ2) is 6.47. The molecule has 1 rings (SSSR count). The third kappa shape index (κ3) is 4.97. The molecule has 1 heterocycles. The number of carbonyl (C=O) groups excluding carboxylic acids is 1. The number of rotatable bonds is 5. The van der Waals surface area contributed by atoms with Gasteiger partial charge in [0.15, 0.2) is 5.92 Å². The van der Waals surface area contributed by atoms with E-state index in [2.05, 4.69) is 4.98 Å². The second-order valence-corrected chi connectivity index (χ2v) is 5.58. The molecule has 6 nitrogen and oxygen atoms in total. The van der Waals surface area contributed by atoms with Crippen molar-refractivity contribution in [1.29, 1.82) is 0 Å². The number of hydrogen-bond donors (Lipinski definition) is 2. The molecule has 20 heavy (non-hydrogen) atoms. The second-order valence-electron chi connectivity index (χ2n) is 5.58. The number of aromatic nitrogens is 1. The van der Waals surface area contributed by atoms with E-state index in [1.165, 1.54) is 0 Å². The summed E-state index contributed by atoms with van der Waals surface area (Å²) in [6.07, 6.45) is 3.44. The first kappa shape index (κ1) is 16.1. The lowest BCUT2D eigenvalue weighted by atomic mass is 9.94. The van der Waals surface area contributed by atoms with Gasteiger partial charge in [-0.05, 0) is 38.8 Å². The fourth-order valence-corrected chi connectivity index (χ4v) is 1.73. The van der Waals surface area contributed by atoms with Crippen LogP contribution >= 0.6 is 0 Å². The fourth-order valence-electron chi connectivity index (χ4n) is 1.73. The Morgan fingerprint density at radius 1 is 1.45 bits per heavy atom. The van der Waals surface area contributed by atoms with Gasteiger partial charge in [0.1, 0.15) is 5.60 Å². The number of carboxylic acid groups (broad SMARTS) is 1. The Bertz CT molecular complexity index is 468. The highest BCUT2D eigenvalue weighted by atomic mass is 16.6. The molecule has 0 aliphatic carbocycles. The minimum atomic E-state index is -1.39. The number of pyridine rings is 1. The Hall–Kier alpha value is -1.95. The summed E-state index contributed by atoms with van der Waals surface area (Å²) in [4.78, 5) is 27.1. The monoisotopic (exact) mass is 280 g/mol. The van der Waals surface area contributed by atoms with Crippen LogP contribution in [0.4, 0.5) is 0 Å². The minimum Gasteiger partial charge on any atom is -0.481 e. The van der Waals surface area contributed by atoms with E-state index in [0.717, 1.165) is 5.56 Å². The Labute approximate surface area is 118 Å². The summed E-state index contributed by atoms with van der Waals surface area (Å²) in [7, 11) is 0. The third-order valence-electron chi connectivity index (χ3n) is 2.55. The molecule has 0 saturated carbocycles. The maximum Gasteiger partial charge on any atom is 0.322 e. The Morgan fingerprint density at radius 2 is 2.10 bits per heavy atom. The molecule has 1 aromatic rings. The van der Waals surface area contributed by atoms with E-state index in [4.69, 9.17) is 10.5 Å². The van der Waals surface area contributed by atoms with E-state index in [1.807, 2.05) is 0 Å². The van der Waals surface area contributed by atoms with Crippen molar-refractivity contribution in [3.63, 3.8) is 0 Å². The molecule has 0 radical (unpaired) electrons. The maximum absolute atomic E-state index is 11.9. The molecule has 110 valence electrons. The molecule has 0 fully saturated rings. The van der Waals surface area contributed by atoms with Crippen molar-refractivity contribution in [3.05, 3.63) is 30.1 Å². The van der Waals surface area contributed by atoms with E-state index in [9.17, 15) is 14.7 Å². The predicted molar refractivity (Wildman–Crippen MR) is 72.9 cm³/mol. The Morgan fingerprint density at radius 3 is 2.55 bits per heavy atom. The minimum absolute atomic E-state index is 0.240. The van der Waals surface area contributed by atoms with Crippen LogP contribution in [-0.4, -0.2) is 33.7 Å². The molecule has 0 aliphatic rings. The summed E-state index contributed by atoms with van der Waals surface area (Å²) >= 11 is 0. The molecular formula is C14H20N2O4. The highest BCUT2D eigenvalue weighted by Crippen LogP contribution is 2.16. The Balaban J connectivity index is 2.80. The molecule has 6 heteroatoms. The van der Waals surface area contributed by atoms with E-state index in [1.54, 1.807) is 45.3 Å². The predicted octanol–water partition coefficient (Wildman–Crippen LogP) is 0.994. The number of carboxylic acids is 1. The standard InChI is InChI=1S/C14H20N2O4/c1-14(2,3)20-13(19)11(12(17)18)10(15)7-9-5-4-6-16-8-9/h4-6,8,10-11H,7,15H2,1-3H3,(H,17,18)/t10-,11+/m0/s1. The zero-order valence-electron chi connectivity index (χ0n) is 11.9. The van der Waals surface area contributed by atoms with E-state index >= 15 is 0 Å². The lowest BCUT2D eigenvalue weighted by molar-refractivity contribution is -0.167. The van der Waals surface area contributed by atoms with Crippen LogP contribution < -0.4 is 5.73 Å². The van der Waals surface area contributed by atoms with Gasteiger partial charge in [-0.15, -0.1) is 0 Å². The highest BCUT2D eigenvalue weighted by Gasteiger charge is 2.36. The lowest BCUT2D eigenvalue weighted by Crippen LogP contribution is -2.45. The van der Waals surface area contributed by atoms with Crippen molar-refractivity contribution in [2.75, 3.05) is 0 Å². The van der Waals surface area contributed by atoms with Gasteiger partial charge in [-0.25, -0.2) is 0 Å². The molecule has 2 atom stereocenters. The number of aliphatic carboxylic acids is 1. The van der Waals surface area contributed by atoms with Gasteiger partial charge in [0.25, 0.3) is 0 Å². The van der Waals surface area contributed by atoms with Gasteiger partial charge < -0.3 is 15.6 Å². The number of carbonyl (C=O) groups is 2. The zero-order valence-corrected chi connectivity index (χ0v) is 11.9. The molecule has 0 aromatic carbocycles. The van der Waals surface area contributed by atoms with Crippen molar-refractivity contribution < 1.29 is 19.4 Å². The van der Waals surface area contributed by atoms with Gasteiger partial charge in [0, 0.05) is 18.4 Å². The van der Waals surface area contributed by atoms with Gasteiger partial charge in [0.05, 0.1) is 0 Å². The summed E-state index contributed by atoms with van der Waals surface area (Å²) in [5, 5.41) is 9.19. The number of nitrogens with zero attached hydrogens (tertiary/aromatic N) is 1. The van der Waals surface area contributed by atoms with Gasteiger partial charge in [-0.3, -0.25) is 14.6 Å². The van der Waals surface area contributed by atoms with Gasteiger partial charge >= 0.3 is 11.9 Å². The van der Waals surface area contributed by atoms with Crippen molar-refractivity contribution >= 4 is 11.9 Å². The fraction of sp³-hybridized carbons (Fsp3) is 0.500. The maximum atomic E-state index is 11.9. The summed E-state index contributed by atoms with van der Waals surface area (Å²) in [5.74, 6) is -3.49. The molecule has 0 saturated heterocycles. The number of ether oxygens (including phenoxy) is 1. The summed E-state index contributed by atoms with van der Waals surface area (Å²) in [5.41, 5.74) is 5.88. The average molecular weight is 280 g/mol. The molecule has 0 unspecified atom stereocenters. The van der Waals surface area contributed by atoms with Crippen LogP contribution in [0.2, 0.25) is 0 Å². The molecule has 0 aliphatic heterocycles. The molecule has 3 N–H and O–H groups in total. The highest BCUT2D eigenvalue weighted by molar-refractivity contribution is 5.95. The van der Waals surface area contributed by atoms with Crippen LogP contribution in [0.5, 0.6) is 0 Å². The van der Waals surface area contributed by atoms with Crippen LogP contribution in [0, 0.1) is 5.92 Å². The first-order chi connectivity index (χ1) is 9.20. The van der Waals surface area contributed by atoms with Gasteiger partial charge in [-0.2, -0.15) is 0 Å². The van der Waals surface area contributed by atoms with Crippen LogP contribution in [0.3, 0.4) is 0 Å². The summed E-state index contributed by atoms with van der Waals surface area (Å²) in [6.45, 7) is 5.03. The third-order valence-corrected chi connectivity index (χ3v) is 2.55. The van der Waals surface area contributed by atoms with Crippen molar-refractivity contribution in [3.8, 4) is 0 Å². The van der Waals surface area contributed by atoms with Crippen LogP contribution in [-0.2, 0) is 20.7 Å². The average Bonchev–Trinajstić information content (AvgIpc) is 2.26. The van der Waals surface area contributed by atoms with E-state index in [0.29, 0.717) is 0 Å². The van der Waals surface area contributed by atoms with Gasteiger partial charge in [0.2, 0.25) is 0 Å².